The highest BCUT2D eigenvalue weighted by Gasteiger charge is 2.54. The van der Waals surface area contributed by atoms with E-state index in [1.165, 1.54) is 0 Å². The number of hydrogen-bond acceptors (Lipinski definition) is 3. The minimum atomic E-state index is -0.0315. The summed E-state index contributed by atoms with van der Waals surface area (Å²) in [5.74, 6) is 0.0266. The summed E-state index contributed by atoms with van der Waals surface area (Å²) >= 11 is 0. The average Bonchev–Trinajstić information content (AvgIpc) is 2.51. The van der Waals surface area contributed by atoms with Gasteiger partial charge in [-0.3, -0.25) is 9.59 Å². The van der Waals surface area contributed by atoms with Crippen LogP contribution in [0.5, 0.6) is 0 Å². The third-order valence-electron chi connectivity index (χ3n) is 3.89. The van der Waals surface area contributed by atoms with Crippen LogP contribution in [-0.4, -0.2) is 41.9 Å². The third-order valence-corrected chi connectivity index (χ3v) is 3.89. The first kappa shape index (κ1) is 11.6. The zero-order chi connectivity index (χ0) is 11.9. The van der Waals surface area contributed by atoms with Gasteiger partial charge in [-0.2, -0.15) is 0 Å². The van der Waals surface area contributed by atoms with Gasteiger partial charge in [-0.15, -0.1) is 0 Å². The summed E-state index contributed by atoms with van der Waals surface area (Å²) in [5, 5.41) is 0. The molecular formula is C12H19NO3. The Labute approximate surface area is 95.9 Å². The van der Waals surface area contributed by atoms with Crippen LogP contribution in [0.15, 0.2) is 0 Å². The van der Waals surface area contributed by atoms with E-state index in [0.29, 0.717) is 13.2 Å². The van der Waals surface area contributed by atoms with Crippen molar-refractivity contribution in [3.05, 3.63) is 0 Å². The summed E-state index contributed by atoms with van der Waals surface area (Å²) in [6, 6.07) is 0.169. The molecule has 1 heterocycles. The van der Waals surface area contributed by atoms with Gasteiger partial charge < -0.3 is 9.64 Å². The van der Waals surface area contributed by atoms with Crippen molar-refractivity contribution in [3.63, 3.8) is 0 Å². The first-order valence-electron chi connectivity index (χ1n) is 5.89. The number of nitrogens with zero attached hydrogens (tertiary/aromatic N) is 1. The van der Waals surface area contributed by atoms with Gasteiger partial charge in [0.2, 0.25) is 5.91 Å². The average molecular weight is 225 g/mol. The lowest BCUT2D eigenvalue weighted by Gasteiger charge is -2.54. The van der Waals surface area contributed by atoms with E-state index in [1.54, 1.807) is 4.90 Å². The maximum absolute atomic E-state index is 11.6. The molecule has 1 aliphatic heterocycles. The Morgan fingerprint density at radius 3 is 2.56 bits per heavy atom. The Kier molecular flexibility index (Phi) is 2.78. The summed E-state index contributed by atoms with van der Waals surface area (Å²) < 4.78 is 5.62. The minimum absolute atomic E-state index is 0.0157. The van der Waals surface area contributed by atoms with Crippen molar-refractivity contribution in [2.75, 3.05) is 13.2 Å². The van der Waals surface area contributed by atoms with E-state index in [0.717, 1.165) is 6.42 Å². The highest BCUT2D eigenvalue weighted by molar-refractivity contribution is 6.05. The van der Waals surface area contributed by atoms with Crippen molar-refractivity contribution < 1.29 is 14.3 Å². The van der Waals surface area contributed by atoms with Gasteiger partial charge in [0, 0.05) is 18.1 Å². The summed E-state index contributed by atoms with van der Waals surface area (Å²) in [6.07, 6.45) is 1.16. The van der Waals surface area contributed by atoms with E-state index in [9.17, 15) is 9.59 Å². The highest BCUT2D eigenvalue weighted by Crippen LogP contribution is 2.46. The Balaban J connectivity index is 2.03. The molecule has 0 aromatic heterocycles. The minimum Gasteiger partial charge on any atom is -0.378 e. The number of ketones is 1. The number of rotatable bonds is 3. The fourth-order valence-electron chi connectivity index (χ4n) is 2.77. The molecule has 2 fully saturated rings. The predicted octanol–water partition coefficient (Wildman–Crippen LogP) is 0.991. The molecule has 1 saturated carbocycles. The number of Topliss-reactive ketones (excluding diaryl/α,β-unsaturated/α-hetero) is 1. The fraction of sp³-hybridized carbons (Fsp3) is 0.833. The standard InChI is InChI=1S/C12H19NO3/c1-4-16-10-6-9(12(10,2)3)13-7-8(14)5-11(13)15/h9-10H,4-7H2,1-3H3. The van der Waals surface area contributed by atoms with Crippen molar-refractivity contribution in [2.45, 2.75) is 45.8 Å². The molecule has 1 aliphatic carbocycles. The maximum Gasteiger partial charge on any atom is 0.230 e. The lowest BCUT2D eigenvalue weighted by atomic mass is 9.63. The van der Waals surface area contributed by atoms with E-state index >= 15 is 0 Å². The first-order valence-corrected chi connectivity index (χ1v) is 5.89. The Morgan fingerprint density at radius 2 is 2.12 bits per heavy atom. The van der Waals surface area contributed by atoms with Crippen LogP contribution in [0.3, 0.4) is 0 Å². The Hall–Kier alpha value is -0.900. The number of hydrogen-bond donors (Lipinski definition) is 0. The van der Waals surface area contributed by atoms with Gasteiger partial charge in [0.05, 0.1) is 19.1 Å². The smallest absolute Gasteiger partial charge is 0.230 e. The number of carbonyl (C=O) groups is 2. The number of likely N-dealkylation sites (tertiary alicyclic amines) is 1. The second-order valence-corrected chi connectivity index (χ2v) is 5.25. The zero-order valence-corrected chi connectivity index (χ0v) is 10.2. The van der Waals surface area contributed by atoms with Crippen LogP contribution in [0.4, 0.5) is 0 Å². The van der Waals surface area contributed by atoms with Crippen molar-refractivity contribution in [2.24, 2.45) is 5.41 Å². The third kappa shape index (κ3) is 1.65. The summed E-state index contributed by atoms with van der Waals surface area (Å²) in [6.45, 7) is 7.20. The molecule has 2 aliphatic rings. The molecule has 4 nitrogen and oxygen atoms in total. The molecule has 0 aromatic carbocycles. The Bertz CT molecular complexity index is 324. The van der Waals surface area contributed by atoms with Gasteiger partial charge in [-0.05, 0) is 13.3 Å². The summed E-state index contributed by atoms with van der Waals surface area (Å²) in [5.41, 5.74) is -0.0315. The SMILES string of the molecule is CCOC1CC(N2CC(=O)CC2=O)C1(C)C. The number of carbonyl (C=O) groups excluding carboxylic acids is 2. The van der Waals surface area contributed by atoms with Gasteiger partial charge >= 0.3 is 0 Å². The van der Waals surface area contributed by atoms with Gasteiger partial charge in [0.1, 0.15) is 0 Å². The molecule has 0 radical (unpaired) electrons. The zero-order valence-electron chi connectivity index (χ0n) is 10.2. The van der Waals surface area contributed by atoms with Crippen LogP contribution in [0.25, 0.3) is 0 Å². The maximum atomic E-state index is 11.6. The molecule has 16 heavy (non-hydrogen) atoms. The fourth-order valence-corrected chi connectivity index (χ4v) is 2.77. The lowest BCUT2D eigenvalue weighted by Crippen LogP contribution is -2.62. The van der Waals surface area contributed by atoms with Crippen LogP contribution >= 0.6 is 0 Å². The normalized spacial score (nSPS) is 33.1. The van der Waals surface area contributed by atoms with E-state index in [4.69, 9.17) is 4.74 Å². The molecule has 2 unspecified atom stereocenters. The molecule has 1 amide bonds. The van der Waals surface area contributed by atoms with Crippen molar-refractivity contribution in [1.82, 2.24) is 4.90 Å². The van der Waals surface area contributed by atoms with E-state index < -0.39 is 0 Å². The van der Waals surface area contributed by atoms with Gasteiger partial charge in [0.15, 0.2) is 5.78 Å². The number of ether oxygens (including phenoxy) is 1. The van der Waals surface area contributed by atoms with Crippen LogP contribution in [-0.2, 0) is 14.3 Å². The molecule has 4 heteroatoms. The van der Waals surface area contributed by atoms with Gasteiger partial charge in [-0.25, -0.2) is 0 Å². The van der Waals surface area contributed by atoms with E-state index in [2.05, 4.69) is 13.8 Å². The lowest BCUT2D eigenvalue weighted by molar-refractivity contribution is -0.162. The van der Waals surface area contributed by atoms with Crippen LogP contribution in [0.1, 0.15) is 33.6 Å². The van der Waals surface area contributed by atoms with Crippen molar-refractivity contribution >= 4 is 11.7 Å². The molecule has 0 aromatic rings. The molecule has 0 bridgehead atoms. The molecule has 90 valence electrons. The highest BCUT2D eigenvalue weighted by atomic mass is 16.5. The monoisotopic (exact) mass is 225 g/mol. The van der Waals surface area contributed by atoms with Crippen LogP contribution < -0.4 is 0 Å². The second kappa shape index (κ2) is 3.84. The Morgan fingerprint density at radius 1 is 1.44 bits per heavy atom. The molecule has 1 saturated heterocycles. The summed E-state index contributed by atoms with van der Waals surface area (Å²) in [7, 11) is 0. The molecule has 0 spiro atoms. The molecule has 2 atom stereocenters. The van der Waals surface area contributed by atoms with Crippen molar-refractivity contribution in [1.29, 1.82) is 0 Å². The van der Waals surface area contributed by atoms with E-state index in [1.807, 2.05) is 6.92 Å². The van der Waals surface area contributed by atoms with Crippen LogP contribution in [0, 0.1) is 5.41 Å². The predicted molar refractivity (Wildman–Crippen MR) is 58.9 cm³/mol. The van der Waals surface area contributed by atoms with E-state index in [-0.39, 0.29) is 35.7 Å². The summed E-state index contributed by atoms with van der Waals surface area (Å²) in [4.78, 5) is 24.6. The molecule has 2 rings (SSSR count). The van der Waals surface area contributed by atoms with Gasteiger partial charge in [0.25, 0.3) is 0 Å². The van der Waals surface area contributed by atoms with Crippen LogP contribution in [0.2, 0.25) is 0 Å². The second-order valence-electron chi connectivity index (χ2n) is 5.25. The first-order chi connectivity index (χ1) is 7.46. The quantitative estimate of drug-likeness (QED) is 0.673. The molecular weight excluding hydrogens is 206 g/mol. The van der Waals surface area contributed by atoms with Gasteiger partial charge in [-0.1, -0.05) is 13.8 Å². The molecule has 0 N–H and O–H groups in total. The topological polar surface area (TPSA) is 46.6 Å². The number of amides is 1. The van der Waals surface area contributed by atoms with Crippen molar-refractivity contribution in [3.8, 4) is 0 Å². The largest absolute Gasteiger partial charge is 0.378 e.